The van der Waals surface area contributed by atoms with E-state index in [9.17, 15) is 4.79 Å². The van der Waals surface area contributed by atoms with E-state index < -0.39 is 0 Å². The number of halogens is 5. The zero-order chi connectivity index (χ0) is 14.9. The molecule has 0 radical (unpaired) electrons. The molecule has 1 N–H and O–H groups in total. The zero-order valence-electron chi connectivity index (χ0n) is 9.68. The first-order chi connectivity index (χ1) is 9.38. The smallest absolute Gasteiger partial charge is 0.255 e. The number of carbonyl (C=O) groups is 1. The lowest BCUT2D eigenvalue weighted by molar-refractivity contribution is 0.102. The van der Waals surface area contributed by atoms with Crippen LogP contribution in [0, 0.1) is 3.57 Å². The maximum Gasteiger partial charge on any atom is 0.255 e. The molecule has 0 unspecified atom stereocenters. The topological polar surface area (TPSA) is 29.1 Å². The fraction of sp³-hybridized carbons (Fsp3) is 0. The van der Waals surface area contributed by atoms with Crippen LogP contribution in [0.3, 0.4) is 0 Å². The first kappa shape index (κ1) is 16.4. The van der Waals surface area contributed by atoms with Gasteiger partial charge in [-0.05, 0) is 52.9 Å². The summed E-state index contributed by atoms with van der Waals surface area (Å²) in [6.07, 6.45) is 0. The molecule has 2 rings (SSSR count). The minimum atomic E-state index is -0.325. The van der Waals surface area contributed by atoms with Gasteiger partial charge in [0.1, 0.15) is 0 Å². The summed E-state index contributed by atoms with van der Waals surface area (Å²) in [5, 5.41) is 3.92. The van der Waals surface area contributed by atoms with Crippen molar-refractivity contribution in [3.8, 4) is 0 Å². The minimum Gasteiger partial charge on any atom is -0.319 e. The molecule has 0 spiro atoms. The molecule has 7 heteroatoms. The second-order valence-electron chi connectivity index (χ2n) is 3.83. The maximum atomic E-state index is 12.2. The molecule has 0 fully saturated rings. The number of amides is 1. The number of hydrogen-bond acceptors (Lipinski definition) is 1. The van der Waals surface area contributed by atoms with Gasteiger partial charge in [-0.3, -0.25) is 4.79 Å². The van der Waals surface area contributed by atoms with Gasteiger partial charge in [0.15, 0.2) is 0 Å². The van der Waals surface area contributed by atoms with Crippen molar-refractivity contribution in [3.63, 3.8) is 0 Å². The van der Waals surface area contributed by atoms with Gasteiger partial charge < -0.3 is 5.32 Å². The molecule has 0 aliphatic rings. The third-order valence-corrected chi connectivity index (χ3v) is 5.05. The van der Waals surface area contributed by atoms with Crippen molar-refractivity contribution in [2.75, 3.05) is 5.32 Å². The van der Waals surface area contributed by atoms with Gasteiger partial charge in [-0.2, -0.15) is 0 Å². The Kier molecular flexibility index (Phi) is 5.59. The number of rotatable bonds is 2. The average molecular weight is 505 g/mol. The monoisotopic (exact) mass is 503 g/mol. The van der Waals surface area contributed by atoms with Crippen molar-refractivity contribution < 1.29 is 4.79 Å². The fourth-order valence-corrected chi connectivity index (χ4v) is 3.30. The van der Waals surface area contributed by atoms with Crippen molar-refractivity contribution in [1.82, 2.24) is 0 Å². The molecule has 0 saturated carbocycles. The Morgan fingerprint density at radius 2 is 1.65 bits per heavy atom. The van der Waals surface area contributed by atoms with E-state index in [1.165, 1.54) is 0 Å². The van der Waals surface area contributed by atoms with Crippen LogP contribution in [0.2, 0.25) is 15.1 Å². The minimum absolute atomic E-state index is 0.325. The van der Waals surface area contributed by atoms with Crippen molar-refractivity contribution in [3.05, 3.63) is 59.0 Å². The summed E-state index contributed by atoms with van der Waals surface area (Å²) < 4.78 is 1.61. The maximum absolute atomic E-state index is 12.2. The summed E-state index contributed by atoms with van der Waals surface area (Å²) in [5.41, 5.74) is 0.807. The second-order valence-corrected chi connectivity index (χ2v) is 7.13. The Hall–Kier alpha value is -0.0100. The highest BCUT2D eigenvalue weighted by Gasteiger charge is 2.13. The SMILES string of the molecule is O=C(Nc1c(Cl)cc(Br)cc1Cl)c1ccc(I)c(Cl)c1. The Balaban J connectivity index is 2.30. The highest BCUT2D eigenvalue weighted by molar-refractivity contribution is 14.1. The number of nitrogens with one attached hydrogen (secondary N) is 1. The van der Waals surface area contributed by atoms with Crippen LogP contribution in [0.1, 0.15) is 10.4 Å². The van der Waals surface area contributed by atoms with Crippen LogP contribution in [-0.2, 0) is 0 Å². The third-order valence-electron chi connectivity index (χ3n) is 2.43. The highest BCUT2D eigenvalue weighted by Crippen LogP contribution is 2.34. The van der Waals surface area contributed by atoms with Gasteiger partial charge in [-0.25, -0.2) is 0 Å². The van der Waals surface area contributed by atoms with Gasteiger partial charge in [0.2, 0.25) is 0 Å². The van der Waals surface area contributed by atoms with Gasteiger partial charge in [0, 0.05) is 13.6 Å². The standard InChI is InChI=1S/C13H6BrCl3INO/c14-7-4-9(16)12(10(17)5-7)19-13(20)6-1-2-11(18)8(15)3-6/h1-5H,(H,19,20). The van der Waals surface area contributed by atoms with Crippen molar-refractivity contribution in [2.45, 2.75) is 0 Å². The van der Waals surface area contributed by atoms with Gasteiger partial charge in [0.05, 0.1) is 20.8 Å². The molecular formula is C13H6BrCl3INO. The first-order valence-corrected chi connectivity index (χ1v) is 8.30. The Labute approximate surface area is 153 Å². The Bertz CT molecular complexity index is 670. The van der Waals surface area contributed by atoms with Crippen LogP contribution in [0.4, 0.5) is 5.69 Å². The van der Waals surface area contributed by atoms with Crippen molar-refractivity contribution >= 4 is 84.9 Å². The molecule has 0 aliphatic heterocycles. The quantitative estimate of drug-likeness (QED) is 0.480. The lowest BCUT2D eigenvalue weighted by atomic mass is 10.2. The van der Waals surface area contributed by atoms with Gasteiger partial charge in [0.25, 0.3) is 5.91 Å². The molecule has 2 aromatic rings. The summed E-state index contributed by atoms with van der Waals surface area (Å²) in [5.74, 6) is -0.325. The first-order valence-electron chi connectivity index (χ1n) is 5.29. The molecular weight excluding hydrogens is 499 g/mol. The molecule has 0 aliphatic carbocycles. The predicted octanol–water partition coefficient (Wildman–Crippen LogP) is 6.27. The summed E-state index contributed by atoms with van der Waals surface area (Å²) in [7, 11) is 0. The normalized spacial score (nSPS) is 10.4. The average Bonchev–Trinajstić information content (AvgIpc) is 2.36. The van der Waals surface area contributed by atoms with E-state index in [4.69, 9.17) is 34.8 Å². The highest BCUT2D eigenvalue weighted by atomic mass is 127. The van der Waals surface area contributed by atoms with E-state index in [1.54, 1.807) is 30.3 Å². The van der Waals surface area contributed by atoms with Crippen LogP contribution in [0.5, 0.6) is 0 Å². The molecule has 2 aromatic carbocycles. The van der Waals surface area contributed by atoms with Crippen molar-refractivity contribution in [2.24, 2.45) is 0 Å². The lowest BCUT2D eigenvalue weighted by Gasteiger charge is -2.10. The van der Waals surface area contributed by atoms with E-state index in [2.05, 4.69) is 43.8 Å². The fourth-order valence-electron chi connectivity index (χ4n) is 1.48. The van der Waals surface area contributed by atoms with Crippen molar-refractivity contribution in [1.29, 1.82) is 0 Å². The second kappa shape index (κ2) is 6.83. The molecule has 0 aromatic heterocycles. The van der Waals surface area contributed by atoms with Crippen LogP contribution >= 0.6 is 73.3 Å². The van der Waals surface area contributed by atoms with E-state index in [0.717, 1.165) is 8.04 Å². The van der Waals surface area contributed by atoms with E-state index in [-0.39, 0.29) is 5.91 Å². The molecule has 2 nitrogen and oxygen atoms in total. The molecule has 0 atom stereocenters. The van der Waals surface area contributed by atoms with Crippen LogP contribution in [-0.4, -0.2) is 5.91 Å². The summed E-state index contributed by atoms with van der Waals surface area (Å²) in [6, 6.07) is 8.36. The number of hydrogen-bond donors (Lipinski definition) is 1. The van der Waals surface area contributed by atoms with E-state index in [0.29, 0.717) is 26.3 Å². The number of benzene rings is 2. The molecule has 1 amide bonds. The van der Waals surface area contributed by atoms with Crippen LogP contribution in [0.15, 0.2) is 34.8 Å². The number of anilines is 1. The summed E-state index contributed by atoms with van der Waals surface area (Å²) in [6.45, 7) is 0. The summed E-state index contributed by atoms with van der Waals surface area (Å²) >= 11 is 23.5. The van der Waals surface area contributed by atoms with Gasteiger partial charge in [-0.15, -0.1) is 0 Å². The van der Waals surface area contributed by atoms with E-state index in [1.807, 2.05) is 0 Å². The molecule has 0 bridgehead atoms. The molecule has 104 valence electrons. The molecule has 20 heavy (non-hydrogen) atoms. The van der Waals surface area contributed by atoms with E-state index >= 15 is 0 Å². The van der Waals surface area contributed by atoms with Crippen LogP contribution < -0.4 is 5.32 Å². The molecule has 0 heterocycles. The predicted molar refractivity (Wildman–Crippen MR) is 96.3 cm³/mol. The summed E-state index contributed by atoms with van der Waals surface area (Å²) in [4.78, 5) is 12.2. The number of carbonyl (C=O) groups excluding carboxylic acids is 1. The lowest BCUT2D eigenvalue weighted by Crippen LogP contribution is -2.12. The Morgan fingerprint density at radius 3 is 2.20 bits per heavy atom. The van der Waals surface area contributed by atoms with Gasteiger partial charge >= 0.3 is 0 Å². The van der Waals surface area contributed by atoms with Crippen LogP contribution in [0.25, 0.3) is 0 Å². The van der Waals surface area contributed by atoms with Gasteiger partial charge in [-0.1, -0.05) is 50.7 Å². The third kappa shape index (κ3) is 3.80. The zero-order valence-corrected chi connectivity index (χ0v) is 15.7. The molecule has 0 saturated heterocycles. The Morgan fingerprint density at radius 1 is 1.05 bits per heavy atom. The largest absolute Gasteiger partial charge is 0.319 e.